The van der Waals surface area contributed by atoms with Crippen LogP contribution in [0.25, 0.3) is 0 Å². The molecule has 2 rings (SSSR count). The maximum atomic E-state index is 13.1. The third kappa shape index (κ3) is 4.31. The number of alkyl halides is 5. The van der Waals surface area contributed by atoms with Crippen LogP contribution in [0.5, 0.6) is 5.75 Å². The number of carbonyl (C=O) groups is 1. The van der Waals surface area contributed by atoms with Gasteiger partial charge in [-0.15, -0.1) is 0 Å². The van der Waals surface area contributed by atoms with E-state index in [1.165, 1.54) is 0 Å². The molecule has 1 aliphatic heterocycles. The Bertz CT molecular complexity index is 547. The molecular weight excluding hydrogens is 323 g/mol. The normalized spacial score (nSPS) is 22.3. The molecule has 1 saturated heterocycles. The molecule has 23 heavy (non-hydrogen) atoms. The van der Waals surface area contributed by atoms with Crippen molar-refractivity contribution in [1.29, 1.82) is 0 Å². The molecule has 128 valence electrons. The number of piperidine rings is 1. The van der Waals surface area contributed by atoms with Crippen molar-refractivity contribution >= 4 is 5.91 Å². The number of carbonyl (C=O) groups excluding carboxylic acids is 1. The lowest BCUT2D eigenvalue weighted by Gasteiger charge is -2.39. The highest BCUT2D eigenvalue weighted by molar-refractivity contribution is 5.94. The quantitative estimate of drug-likeness (QED) is 0.863. The van der Waals surface area contributed by atoms with Gasteiger partial charge in [-0.2, -0.15) is 22.0 Å². The Morgan fingerprint density at radius 2 is 1.83 bits per heavy atom. The van der Waals surface area contributed by atoms with E-state index in [2.05, 4.69) is 4.74 Å². The van der Waals surface area contributed by atoms with Gasteiger partial charge >= 0.3 is 12.8 Å². The summed E-state index contributed by atoms with van der Waals surface area (Å²) in [6.45, 7) is -3.23. The van der Waals surface area contributed by atoms with Crippen LogP contribution in [0.2, 0.25) is 0 Å². The first-order valence-electron chi connectivity index (χ1n) is 6.86. The maximum Gasteiger partial charge on any atom is 0.408 e. The maximum absolute atomic E-state index is 13.1. The standard InChI is InChI=1S/C14H15F5N2O2/c15-13(16)23-10-4-1-8(2-5-10)12(22)21-7-9(20)3-6-11(21)14(17,18)19/h1-2,4-5,9,11,13H,3,6-7,20H2. The lowest BCUT2D eigenvalue weighted by molar-refractivity contribution is -0.184. The molecule has 1 amide bonds. The van der Waals surface area contributed by atoms with Crippen molar-refractivity contribution in [3.63, 3.8) is 0 Å². The number of nitrogens with two attached hydrogens (primary N) is 1. The molecule has 9 heteroatoms. The summed E-state index contributed by atoms with van der Waals surface area (Å²) < 4.78 is 67.4. The molecule has 0 aromatic heterocycles. The number of benzene rings is 1. The van der Waals surface area contributed by atoms with Crippen LogP contribution in [0.1, 0.15) is 23.2 Å². The summed E-state index contributed by atoms with van der Waals surface area (Å²) in [6, 6.07) is 2.07. The highest BCUT2D eigenvalue weighted by Gasteiger charge is 2.47. The third-order valence-corrected chi connectivity index (χ3v) is 3.58. The average molecular weight is 338 g/mol. The number of nitrogens with zero attached hydrogens (tertiary/aromatic N) is 1. The summed E-state index contributed by atoms with van der Waals surface area (Å²) in [6.07, 6.45) is -4.63. The first-order chi connectivity index (χ1) is 10.7. The van der Waals surface area contributed by atoms with Crippen LogP contribution in [0.4, 0.5) is 22.0 Å². The molecule has 1 aromatic carbocycles. The number of hydrogen-bond acceptors (Lipinski definition) is 3. The minimum atomic E-state index is -4.55. The fourth-order valence-electron chi connectivity index (χ4n) is 2.51. The summed E-state index contributed by atoms with van der Waals surface area (Å²) in [7, 11) is 0. The van der Waals surface area contributed by atoms with E-state index in [1.54, 1.807) is 0 Å². The van der Waals surface area contributed by atoms with E-state index in [4.69, 9.17) is 5.73 Å². The Balaban J connectivity index is 2.19. The molecule has 2 atom stereocenters. The van der Waals surface area contributed by atoms with Crippen molar-refractivity contribution in [2.45, 2.75) is 37.7 Å². The zero-order valence-corrected chi connectivity index (χ0v) is 11.9. The van der Waals surface area contributed by atoms with Crippen molar-refractivity contribution in [3.05, 3.63) is 29.8 Å². The Kier molecular flexibility index (Phi) is 5.08. The lowest BCUT2D eigenvalue weighted by atomic mass is 9.97. The van der Waals surface area contributed by atoms with E-state index in [1.807, 2.05) is 0 Å². The van der Waals surface area contributed by atoms with E-state index in [-0.39, 0.29) is 30.7 Å². The van der Waals surface area contributed by atoms with E-state index in [0.29, 0.717) is 4.90 Å². The van der Waals surface area contributed by atoms with E-state index < -0.39 is 30.8 Å². The molecule has 0 aliphatic carbocycles. The predicted octanol–water partition coefficient (Wildman–Crippen LogP) is 2.78. The molecule has 0 bridgehead atoms. The second-order valence-electron chi connectivity index (χ2n) is 5.26. The monoisotopic (exact) mass is 338 g/mol. The topological polar surface area (TPSA) is 55.6 Å². The number of rotatable bonds is 3. The molecule has 1 aromatic rings. The van der Waals surface area contributed by atoms with Gasteiger partial charge in [0, 0.05) is 18.2 Å². The fourth-order valence-corrected chi connectivity index (χ4v) is 2.51. The van der Waals surface area contributed by atoms with Gasteiger partial charge in [0.15, 0.2) is 0 Å². The minimum absolute atomic E-state index is 0.0463. The molecule has 1 heterocycles. The van der Waals surface area contributed by atoms with Crippen molar-refractivity contribution in [2.24, 2.45) is 5.73 Å². The number of halogens is 5. The number of hydrogen-bond donors (Lipinski definition) is 1. The van der Waals surface area contributed by atoms with E-state index in [9.17, 15) is 26.7 Å². The largest absolute Gasteiger partial charge is 0.435 e. The summed E-state index contributed by atoms with van der Waals surface area (Å²) in [5, 5.41) is 0. The SMILES string of the molecule is NC1CCC(C(F)(F)F)N(C(=O)c2ccc(OC(F)F)cc2)C1. The summed E-state index contributed by atoms with van der Waals surface area (Å²) in [5.41, 5.74) is 5.61. The van der Waals surface area contributed by atoms with Crippen LogP contribution >= 0.6 is 0 Å². The number of amides is 1. The third-order valence-electron chi connectivity index (χ3n) is 3.58. The van der Waals surface area contributed by atoms with Gasteiger partial charge in [0.2, 0.25) is 0 Å². The zero-order valence-electron chi connectivity index (χ0n) is 11.9. The van der Waals surface area contributed by atoms with Gasteiger partial charge in [-0.1, -0.05) is 0 Å². The van der Waals surface area contributed by atoms with E-state index in [0.717, 1.165) is 24.3 Å². The Labute approximate surface area is 129 Å². The van der Waals surface area contributed by atoms with Crippen molar-refractivity contribution in [2.75, 3.05) is 6.54 Å². The van der Waals surface area contributed by atoms with Crippen molar-refractivity contribution in [1.82, 2.24) is 4.90 Å². The average Bonchev–Trinajstić information content (AvgIpc) is 2.45. The van der Waals surface area contributed by atoms with Crippen LogP contribution in [0.3, 0.4) is 0 Å². The van der Waals surface area contributed by atoms with Crippen LogP contribution in [-0.2, 0) is 0 Å². The minimum Gasteiger partial charge on any atom is -0.435 e. The smallest absolute Gasteiger partial charge is 0.408 e. The van der Waals surface area contributed by atoms with Gasteiger partial charge in [-0.05, 0) is 37.1 Å². The van der Waals surface area contributed by atoms with Crippen LogP contribution in [0, 0.1) is 0 Å². The predicted molar refractivity (Wildman–Crippen MR) is 71.2 cm³/mol. The molecular formula is C14H15F5N2O2. The van der Waals surface area contributed by atoms with Gasteiger partial charge < -0.3 is 15.4 Å². The van der Waals surface area contributed by atoms with Gasteiger partial charge in [-0.25, -0.2) is 0 Å². The van der Waals surface area contributed by atoms with Crippen molar-refractivity contribution in [3.8, 4) is 5.75 Å². The van der Waals surface area contributed by atoms with Gasteiger partial charge in [0.25, 0.3) is 5.91 Å². The van der Waals surface area contributed by atoms with Gasteiger partial charge in [0.05, 0.1) is 0 Å². The molecule has 1 aliphatic rings. The molecule has 0 saturated carbocycles. The molecule has 0 spiro atoms. The first kappa shape index (κ1) is 17.5. The summed E-state index contributed by atoms with van der Waals surface area (Å²) in [5.74, 6) is -1.02. The van der Waals surface area contributed by atoms with Gasteiger partial charge in [-0.3, -0.25) is 4.79 Å². The second-order valence-corrected chi connectivity index (χ2v) is 5.26. The Morgan fingerprint density at radius 3 is 2.35 bits per heavy atom. The second kappa shape index (κ2) is 6.69. The lowest BCUT2D eigenvalue weighted by Crippen LogP contribution is -2.56. The van der Waals surface area contributed by atoms with Crippen LogP contribution in [-0.4, -0.2) is 42.2 Å². The molecule has 2 unspecified atom stereocenters. The molecule has 4 nitrogen and oxygen atoms in total. The Morgan fingerprint density at radius 1 is 1.22 bits per heavy atom. The highest BCUT2D eigenvalue weighted by Crippen LogP contribution is 2.32. The summed E-state index contributed by atoms with van der Waals surface area (Å²) in [4.78, 5) is 13.0. The fraction of sp³-hybridized carbons (Fsp3) is 0.500. The number of likely N-dealkylation sites (tertiary alicyclic amines) is 1. The highest BCUT2D eigenvalue weighted by atomic mass is 19.4. The van der Waals surface area contributed by atoms with E-state index >= 15 is 0 Å². The van der Waals surface area contributed by atoms with Crippen molar-refractivity contribution < 1.29 is 31.5 Å². The zero-order chi connectivity index (χ0) is 17.2. The Hall–Kier alpha value is -1.90. The first-order valence-corrected chi connectivity index (χ1v) is 6.86. The van der Waals surface area contributed by atoms with Gasteiger partial charge in [0.1, 0.15) is 11.8 Å². The van der Waals surface area contributed by atoms with Crippen LogP contribution < -0.4 is 10.5 Å². The van der Waals surface area contributed by atoms with Crippen LogP contribution in [0.15, 0.2) is 24.3 Å². The summed E-state index contributed by atoms with van der Waals surface area (Å²) >= 11 is 0. The number of ether oxygens (including phenoxy) is 1. The molecule has 1 fully saturated rings. The molecule has 0 radical (unpaired) electrons. The molecule has 2 N–H and O–H groups in total.